The van der Waals surface area contributed by atoms with Crippen molar-refractivity contribution in [2.45, 2.75) is 6.42 Å². The van der Waals surface area contributed by atoms with E-state index in [2.05, 4.69) is 14.3 Å². The van der Waals surface area contributed by atoms with Crippen LogP contribution in [0.25, 0.3) is 0 Å². The lowest BCUT2D eigenvalue weighted by molar-refractivity contribution is 0.0746. The molecule has 2 heterocycles. The molecule has 0 spiro atoms. The Balaban J connectivity index is 1.26. The zero-order chi connectivity index (χ0) is 26.5. The number of nitrogens with zero attached hydrogens (tertiary/aromatic N) is 4. The third-order valence-electron chi connectivity index (χ3n) is 6.31. The van der Waals surface area contributed by atoms with Crippen molar-refractivity contribution in [3.63, 3.8) is 0 Å². The average Bonchev–Trinajstić information content (AvgIpc) is 3.39. The molecule has 0 bridgehead atoms. The summed E-state index contributed by atoms with van der Waals surface area (Å²) in [7, 11) is 3.20. The smallest absolute Gasteiger partial charge is 0.298 e. The fourth-order valence-corrected chi connectivity index (χ4v) is 5.16. The van der Waals surface area contributed by atoms with Crippen molar-refractivity contribution in [1.29, 1.82) is 0 Å². The highest BCUT2D eigenvalue weighted by atomic mass is 35.5. The molecule has 0 aliphatic carbocycles. The van der Waals surface area contributed by atoms with Crippen LogP contribution in [0.4, 0.5) is 5.69 Å². The Labute approximate surface area is 230 Å². The van der Waals surface area contributed by atoms with Crippen molar-refractivity contribution < 1.29 is 19.0 Å². The van der Waals surface area contributed by atoms with E-state index < -0.39 is 0 Å². The molecular formula is C28H27ClN4O4S. The number of amides is 1. The van der Waals surface area contributed by atoms with Gasteiger partial charge in [-0.05, 0) is 48.0 Å². The first-order chi connectivity index (χ1) is 18.5. The Morgan fingerprint density at radius 3 is 2.53 bits per heavy atom. The van der Waals surface area contributed by atoms with Crippen molar-refractivity contribution in [3.8, 4) is 22.4 Å². The molecule has 1 aliphatic rings. The molecule has 0 saturated carbocycles. The summed E-state index contributed by atoms with van der Waals surface area (Å²) in [6.07, 6.45) is 0.549. The number of benzene rings is 3. The molecule has 1 fully saturated rings. The van der Waals surface area contributed by atoms with Gasteiger partial charge in [0.25, 0.3) is 11.1 Å². The normalized spacial score (nSPS) is 13.3. The Hall–Kier alpha value is -3.82. The van der Waals surface area contributed by atoms with E-state index in [1.54, 1.807) is 32.4 Å². The number of halogens is 1. The summed E-state index contributed by atoms with van der Waals surface area (Å²) in [5.74, 6) is 2.28. The van der Waals surface area contributed by atoms with E-state index in [9.17, 15) is 4.79 Å². The molecule has 1 aliphatic heterocycles. The van der Waals surface area contributed by atoms with Gasteiger partial charge in [0.15, 0.2) is 17.3 Å². The maximum absolute atomic E-state index is 13.3. The monoisotopic (exact) mass is 550 g/mol. The highest BCUT2D eigenvalue weighted by molar-refractivity contribution is 7.07. The van der Waals surface area contributed by atoms with E-state index in [0.29, 0.717) is 65.7 Å². The molecule has 8 nitrogen and oxygen atoms in total. The number of piperazine rings is 1. The summed E-state index contributed by atoms with van der Waals surface area (Å²) < 4.78 is 21.2. The van der Waals surface area contributed by atoms with E-state index in [4.69, 9.17) is 25.8 Å². The maximum atomic E-state index is 13.3. The van der Waals surface area contributed by atoms with Gasteiger partial charge >= 0.3 is 0 Å². The first-order valence-electron chi connectivity index (χ1n) is 12.1. The van der Waals surface area contributed by atoms with Crippen LogP contribution in [-0.2, 0) is 6.42 Å². The number of carbonyl (C=O) groups is 1. The lowest BCUT2D eigenvalue weighted by Gasteiger charge is -2.36. The van der Waals surface area contributed by atoms with Crippen LogP contribution in [0.1, 0.15) is 21.7 Å². The quantitative estimate of drug-likeness (QED) is 0.284. The number of anilines is 1. The van der Waals surface area contributed by atoms with Gasteiger partial charge < -0.3 is 24.0 Å². The Kier molecular flexibility index (Phi) is 7.95. The number of rotatable bonds is 8. The molecule has 4 aromatic rings. The highest BCUT2D eigenvalue weighted by Crippen LogP contribution is 2.34. The Morgan fingerprint density at radius 2 is 1.76 bits per heavy atom. The van der Waals surface area contributed by atoms with Crippen molar-refractivity contribution >= 4 is 34.7 Å². The zero-order valence-corrected chi connectivity index (χ0v) is 22.7. The maximum Gasteiger partial charge on any atom is 0.298 e. The topological polar surface area (TPSA) is 77.0 Å². The van der Waals surface area contributed by atoms with Crippen molar-refractivity contribution in [2.24, 2.45) is 0 Å². The van der Waals surface area contributed by atoms with Gasteiger partial charge in [-0.3, -0.25) is 4.79 Å². The van der Waals surface area contributed by atoms with E-state index in [1.807, 2.05) is 53.4 Å². The SMILES string of the molecule is COc1cccc(Cc2nsc(Oc3cc(C(=O)N4CCN(c5ccccc5Cl)CC4)ccc3OC)n2)c1. The Bertz CT molecular complexity index is 1420. The number of para-hydroxylation sites is 1. The molecule has 0 atom stereocenters. The number of ether oxygens (including phenoxy) is 3. The summed E-state index contributed by atoms with van der Waals surface area (Å²) in [4.78, 5) is 21.9. The van der Waals surface area contributed by atoms with Crippen LogP contribution in [0.2, 0.25) is 5.02 Å². The molecule has 196 valence electrons. The second-order valence-corrected chi connectivity index (χ2v) is 9.82. The van der Waals surface area contributed by atoms with E-state index in [-0.39, 0.29) is 5.91 Å². The molecule has 10 heteroatoms. The van der Waals surface area contributed by atoms with Crippen LogP contribution in [0.3, 0.4) is 0 Å². The predicted molar refractivity (Wildman–Crippen MR) is 148 cm³/mol. The third kappa shape index (κ3) is 5.84. The number of hydrogen-bond donors (Lipinski definition) is 0. The second-order valence-electron chi connectivity index (χ2n) is 8.70. The number of carbonyl (C=O) groups excluding carboxylic acids is 1. The number of methoxy groups -OCH3 is 2. The van der Waals surface area contributed by atoms with Crippen LogP contribution in [0.5, 0.6) is 22.4 Å². The Morgan fingerprint density at radius 1 is 0.947 bits per heavy atom. The van der Waals surface area contributed by atoms with Crippen LogP contribution < -0.4 is 19.1 Å². The minimum Gasteiger partial charge on any atom is -0.497 e. The largest absolute Gasteiger partial charge is 0.497 e. The van der Waals surface area contributed by atoms with Crippen molar-refractivity contribution in [3.05, 3.63) is 88.7 Å². The molecule has 1 aromatic heterocycles. The molecule has 38 heavy (non-hydrogen) atoms. The molecule has 0 N–H and O–H groups in total. The van der Waals surface area contributed by atoms with Gasteiger partial charge in [-0.25, -0.2) is 0 Å². The summed E-state index contributed by atoms with van der Waals surface area (Å²) >= 11 is 7.51. The van der Waals surface area contributed by atoms with Gasteiger partial charge in [-0.1, -0.05) is 35.9 Å². The molecule has 1 amide bonds. The summed E-state index contributed by atoms with van der Waals surface area (Å²) in [6.45, 7) is 2.60. The molecule has 3 aromatic carbocycles. The van der Waals surface area contributed by atoms with Gasteiger partial charge in [-0.2, -0.15) is 9.36 Å². The van der Waals surface area contributed by atoms with Gasteiger partial charge in [0.2, 0.25) is 0 Å². The fourth-order valence-electron chi connectivity index (χ4n) is 4.34. The van der Waals surface area contributed by atoms with Crippen molar-refractivity contribution in [2.75, 3.05) is 45.3 Å². The molecule has 1 saturated heterocycles. The van der Waals surface area contributed by atoms with Gasteiger partial charge in [0.1, 0.15) is 5.75 Å². The van der Waals surface area contributed by atoms with Crippen LogP contribution in [0, 0.1) is 0 Å². The minimum absolute atomic E-state index is 0.0627. The third-order valence-corrected chi connectivity index (χ3v) is 7.27. The predicted octanol–water partition coefficient (Wildman–Crippen LogP) is 5.55. The average molecular weight is 551 g/mol. The summed E-state index contributed by atoms with van der Waals surface area (Å²) in [5, 5.41) is 1.09. The van der Waals surface area contributed by atoms with Crippen molar-refractivity contribution in [1.82, 2.24) is 14.3 Å². The second kappa shape index (κ2) is 11.7. The van der Waals surface area contributed by atoms with E-state index in [1.165, 1.54) is 0 Å². The zero-order valence-electron chi connectivity index (χ0n) is 21.1. The summed E-state index contributed by atoms with van der Waals surface area (Å²) in [6, 6.07) is 20.7. The van der Waals surface area contributed by atoms with Gasteiger partial charge in [0.05, 0.1) is 24.9 Å². The lowest BCUT2D eigenvalue weighted by atomic mass is 10.1. The lowest BCUT2D eigenvalue weighted by Crippen LogP contribution is -2.48. The van der Waals surface area contributed by atoms with Crippen LogP contribution in [0.15, 0.2) is 66.7 Å². The van der Waals surface area contributed by atoms with Gasteiger partial charge in [-0.15, -0.1) is 0 Å². The number of hydrogen-bond acceptors (Lipinski definition) is 8. The molecule has 0 unspecified atom stereocenters. The fraction of sp³-hybridized carbons (Fsp3) is 0.250. The summed E-state index contributed by atoms with van der Waals surface area (Å²) in [5.41, 5.74) is 2.55. The first kappa shape index (κ1) is 25.8. The minimum atomic E-state index is -0.0627. The molecule has 0 radical (unpaired) electrons. The molecular weight excluding hydrogens is 524 g/mol. The standard InChI is InChI=1S/C28H27ClN4O4S/c1-35-21-7-5-6-19(16-21)17-26-30-28(38-31-26)37-25-18-20(10-11-24(25)36-2)27(34)33-14-12-32(13-15-33)23-9-4-3-8-22(23)29/h3-11,16,18H,12-15,17H2,1-2H3. The van der Waals surface area contributed by atoms with Crippen LogP contribution in [-0.4, -0.2) is 60.6 Å². The van der Waals surface area contributed by atoms with Crippen LogP contribution >= 0.6 is 23.1 Å². The van der Waals surface area contributed by atoms with E-state index >= 15 is 0 Å². The highest BCUT2D eigenvalue weighted by Gasteiger charge is 2.24. The molecule has 5 rings (SSSR count). The van der Waals surface area contributed by atoms with E-state index in [0.717, 1.165) is 28.5 Å². The first-order valence-corrected chi connectivity index (χ1v) is 13.3. The number of aromatic nitrogens is 2. The van der Waals surface area contributed by atoms with Gasteiger partial charge in [0, 0.05) is 49.7 Å².